The summed E-state index contributed by atoms with van der Waals surface area (Å²) in [6.45, 7) is 3.28. The van der Waals surface area contributed by atoms with Gasteiger partial charge in [-0.2, -0.15) is 10.5 Å². The summed E-state index contributed by atoms with van der Waals surface area (Å²) >= 11 is 1.03. The Balaban J connectivity index is 2.33. The Morgan fingerprint density at radius 2 is 2.04 bits per heavy atom. The molecule has 1 aliphatic heterocycles. The molecule has 1 aromatic rings. The Hall–Kier alpha value is -2.38. The van der Waals surface area contributed by atoms with Crippen LogP contribution in [0.5, 0.6) is 0 Å². The van der Waals surface area contributed by atoms with Crippen LogP contribution < -0.4 is 5.32 Å². The number of hydrogen-bond donors (Lipinski definition) is 1. The highest BCUT2D eigenvalue weighted by molar-refractivity contribution is 8.02. The zero-order valence-electron chi connectivity index (χ0n) is 12.5. The van der Waals surface area contributed by atoms with Gasteiger partial charge in [-0.15, -0.1) is 11.8 Å². The van der Waals surface area contributed by atoms with E-state index in [1.54, 1.807) is 13.8 Å². The normalized spacial score (nSPS) is 19.7. The van der Waals surface area contributed by atoms with Crippen molar-refractivity contribution in [3.63, 3.8) is 0 Å². The standard InChI is InChI=1S/C16H13F2N3OS/c1-16(2)10(6-19)14(22)21-15(11(16)7-20)23-8-9-4-3-5-12(17)13(9)18/h3-5,10H,8H2,1-2H3,(H,21,22)/t10-/m1/s1. The molecular formula is C16H13F2N3OS. The number of benzene rings is 1. The molecule has 23 heavy (non-hydrogen) atoms. The minimum atomic E-state index is -0.979. The smallest absolute Gasteiger partial charge is 0.243 e. The number of nitriles is 2. The summed E-state index contributed by atoms with van der Waals surface area (Å²) in [5.41, 5.74) is -0.561. The summed E-state index contributed by atoms with van der Waals surface area (Å²) in [4.78, 5) is 12.0. The third kappa shape index (κ3) is 3.06. The van der Waals surface area contributed by atoms with Crippen LogP contribution in [0, 0.1) is 45.6 Å². The van der Waals surface area contributed by atoms with Gasteiger partial charge in [0.05, 0.1) is 22.7 Å². The topological polar surface area (TPSA) is 76.7 Å². The second-order valence-electron chi connectivity index (χ2n) is 5.59. The number of thioether (sulfide) groups is 1. The maximum Gasteiger partial charge on any atom is 0.243 e. The van der Waals surface area contributed by atoms with Crippen LogP contribution >= 0.6 is 11.8 Å². The first-order valence-electron chi connectivity index (χ1n) is 6.74. The van der Waals surface area contributed by atoms with Crippen LogP contribution in [-0.2, 0) is 10.5 Å². The van der Waals surface area contributed by atoms with Gasteiger partial charge in [-0.1, -0.05) is 26.0 Å². The Kier molecular flexibility index (Phi) is 4.72. The summed E-state index contributed by atoms with van der Waals surface area (Å²) in [7, 11) is 0. The third-order valence-corrected chi connectivity index (χ3v) is 4.79. The van der Waals surface area contributed by atoms with Crippen molar-refractivity contribution in [2.75, 3.05) is 0 Å². The second-order valence-corrected chi connectivity index (χ2v) is 6.58. The number of halogens is 2. The molecule has 0 saturated heterocycles. The summed E-state index contributed by atoms with van der Waals surface area (Å²) in [6, 6.07) is 7.77. The van der Waals surface area contributed by atoms with Gasteiger partial charge in [0, 0.05) is 16.7 Å². The summed E-state index contributed by atoms with van der Waals surface area (Å²) < 4.78 is 26.9. The van der Waals surface area contributed by atoms with Crippen LogP contribution in [0.1, 0.15) is 19.4 Å². The van der Waals surface area contributed by atoms with Gasteiger partial charge in [0.15, 0.2) is 11.6 Å². The minimum Gasteiger partial charge on any atom is -0.319 e. The average Bonchev–Trinajstić information content (AvgIpc) is 2.48. The minimum absolute atomic E-state index is 0.0533. The van der Waals surface area contributed by atoms with Gasteiger partial charge < -0.3 is 5.32 Å². The van der Waals surface area contributed by atoms with Crippen molar-refractivity contribution in [3.05, 3.63) is 46.0 Å². The molecule has 1 amide bonds. The molecule has 7 heteroatoms. The maximum absolute atomic E-state index is 13.7. The zero-order chi connectivity index (χ0) is 17.2. The van der Waals surface area contributed by atoms with Crippen LogP contribution in [0.3, 0.4) is 0 Å². The Morgan fingerprint density at radius 1 is 1.35 bits per heavy atom. The number of rotatable bonds is 3. The Morgan fingerprint density at radius 3 is 2.65 bits per heavy atom. The van der Waals surface area contributed by atoms with Crippen LogP contribution in [0.4, 0.5) is 8.78 Å². The Bertz CT molecular complexity index is 775. The first-order valence-corrected chi connectivity index (χ1v) is 7.72. The van der Waals surface area contributed by atoms with E-state index in [2.05, 4.69) is 5.32 Å². The lowest BCUT2D eigenvalue weighted by atomic mass is 9.72. The molecule has 1 aliphatic rings. The van der Waals surface area contributed by atoms with E-state index in [9.17, 15) is 18.8 Å². The molecule has 118 valence electrons. The number of carbonyl (C=O) groups excluding carboxylic acids is 1. The van der Waals surface area contributed by atoms with Crippen LogP contribution in [0.15, 0.2) is 28.8 Å². The van der Waals surface area contributed by atoms with Crippen LogP contribution in [0.2, 0.25) is 0 Å². The van der Waals surface area contributed by atoms with Crippen molar-refractivity contribution < 1.29 is 13.6 Å². The van der Waals surface area contributed by atoms with Crippen molar-refractivity contribution in [2.45, 2.75) is 19.6 Å². The summed E-state index contributed by atoms with van der Waals surface area (Å²) in [5, 5.41) is 21.3. The van der Waals surface area contributed by atoms with Gasteiger partial charge in [-0.25, -0.2) is 8.78 Å². The predicted molar refractivity (Wildman–Crippen MR) is 81.3 cm³/mol. The number of carbonyl (C=O) groups is 1. The van der Waals surface area contributed by atoms with Crippen molar-refractivity contribution >= 4 is 17.7 Å². The van der Waals surface area contributed by atoms with Gasteiger partial charge in [0.1, 0.15) is 5.92 Å². The van der Waals surface area contributed by atoms with Crippen molar-refractivity contribution in [3.8, 4) is 12.1 Å². The molecule has 4 nitrogen and oxygen atoms in total. The molecule has 1 N–H and O–H groups in total. The number of nitrogens with zero attached hydrogens (tertiary/aromatic N) is 2. The lowest BCUT2D eigenvalue weighted by molar-refractivity contribution is -0.125. The van der Waals surface area contributed by atoms with E-state index in [4.69, 9.17) is 5.26 Å². The lowest BCUT2D eigenvalue weighted by Gasteiger charge is -2.34. The molecule has 0 fully saturated rings. The lowest BCUT2D eigenvalue weighted by Crippen LogP contribution is -2.44. The largest absolute Gasteiger partial charge is 0.319 e. The molecule has 1 heterocycles. The van der Waals surface area contributed by atoms with E-state index in [0.29, 0.717) is 0 Å². The van der Waals surface area contributed by atoms with E-state index < -0.39 is 28.9 Å². The van der Waals surface area contributed by atoms with Gasteiger partial charge in [-0.05, 0) is 6.07 Å². The van der Waals surface area contributed by atoms with Gasteiger partial charge in [0.2, 0.25) is 5.91 Å². The molecule has 2 rings (SSSR count). The first kappa shape index (κ1) is 17.0. The molecule has 1 aromatic carbocycles. The van der Waals surface area contributed by atoms with Crippen molar-refractivity contribution in [2.24, 2.45) is 11.3 Å². The number of allylic oxidation sites excluding steroid dienone is 1. The fourth-order valence-electron chi connectivity index (χ4n) is 2.34. The Labute approximate surface area is 136 Å². The fraction of sp³-hybridized carbons (Fsp3) is 0.312. The molecule has 0 unspecified atom stereocenters. The molecule has 0 saturated carbocycles. The number of hydrogen-bond acceptors (Lipinski definition) is 4. The highest BCUT2D eigenvalue weighted by Crippen LogP contribution is 2.42. The van der Waals surface area contributed by atoms with Crippen LogP contribution in [0.25, 0.3) is 0 Å². The molecule has 0 bridgehead atoms. The first-order chi connectivity index (χ1) is 10.8. The molecular weight excluding hydrogens is 320 g/mol. The quantitative estimate of drug-likeness (QED) is 0.921. The molecule has 0 radical (unpaired) electrons. The van der Waals surface area contributed by atoms with Gasteiger partial charge >= 0.3 is 0 Å². The molecule has 0 aromatic heterocycles. The zero-order valence-corrected chi connectivity index (χ0v) is 13.3. The monoisotopic (exact) mass is 333 g/mol. The van der Waals surface area contributed by atoms with E-state index in [1.165, 1.54) is 12.1 Å². The molecule has 1 atom stereocenters. The SMILES string of the molecule is CC1(C)C(C#N)=C(SCc2cccc(F)c2F)NC(=O)[C@H]1C#N. The van der Waals surface area contributed by atoms with E-state index in [1.807, 2.05) is 12.1 Å². The van der Waals surface area contributed by atoms with E-state index in [-0.39, 0.29) is 21.9 Å². The van der Waals surface area contributed by atoms with Crippen molar-refractivity contribution in [1.82, 2.24) is 5.32 Å². The fourth-order valence-corrected chi connectivity index (χ4v) is 3.49. The number of nitrogens with one attached hydrogen (secondary N) is 1. The van der Waals surface area contributed by atoms with E-state index in [0.717, 1.165) is 17.8 Å². The van der Waals surface area contributed by atoms with Crippen molar-refractivity contribution in [1.29, 1.82) is 10.5 Å². The number of amides is 1. The second kappa shape index (κ2) is 6.39. The molecule has 0 aliphatic carbocycles. The average molecular weight is 333 g/mol. The third-order valence-electron chi connectivity index (χ3n) is 3.74. The van der Waals surface area contributed by atoms with Gasteiger partial charge in [0.25, 0.3) is 0 Å². The van der Waals surface area contributed by atoms with E-state index >= 15 is 0 Å². The highest BCUT2D eigenvalue weighted by Gasteiger charge is 2.44. The van der Waals surface area contributed by atoms with Crippen LogP contribution in [-0.4, -0.2) is 5.91 Å². The predicted octanol–water partition coefficient (Wildman–Crippen LogP) is 3.23. The highest BCUT2D eigenvalue weighted by atomic mass is 32.2. The maximum atomic E-state index is 13.7. The summed E-state index contributed by atoms with van der Waals surface area (Å²) in [6.07, 6.45) is 0. The molecule has 0 spiro atoms. The summed E-state index contributed by atoms with van der Waals surface area (Å²) in [5.74, 6) is -3.32. The van der Waals surface area contributed by atoms with Gasteiger partial charge in [-0.3, -0.25) is 4.79 Å².